The molecule has 1 amide bonds. The summed E-state index contributed by atoms with van der Waals surface area (Å²) in [6, 6.07) is 3.12. The highest BCUT2D eigenvalue weighted by Crippen LogP contribution is 2.25. The molecule has 3 nitrogen and oxygen atoms in total. The summed E-state index contributed by atoms with van der Waals surface area (Å²) in [5.74, 6) is -1.12. The zero-order chi connectivity index (χ0) is 10.7. The zero-order valence-corrected chi connectivity index (χ0v) is 10.4. The average Bonchev–Trinajstić information content (AvgIpc) is 2.13. The number of carbonyl (C=O) groups excluding carboxylic acids is 1. The van der Waals surface area contributed by atoms with E-state index in [4.69, 9.17) is 0 Å². The summed E-state index contributed by atoms with van der Waals surface area (Å²) < 4.78 is 14.1. The van der Waals surface area contributed by atoms with Crippen LogP contribution in [0.15, 0.2) is 21.1 Å². The fourth-order valence-corrected chi connectivity index (χ4v) is 1.73. The van der Waals surface area contributed by atoms with E-state index in [1.54, 1.807) is 6.07 Å². The largest absolute Gasteiger partial charge is 0.288 e. The molecular formula is C8H7Br2FN2O. The number of carbonyl (C=O) groups is 1. The minimum Gasteiger partial charge on any atom is -0.288 e. The van der Waals surface area contributed by atoms with Crippen LogP contribution in [0.4, 0.5) is 4.39 Å². The molecule has 76 valence electrons. The van der Waals surface area contributed by atoms with Crippen LogP contribution in [0.1, 0.15) is 10.4 Å². The molecule has 0 aliphatic heterocycles. The van der Waals surface area contributed by atoms with Gasteiger partial charge in [0.15, 0.2) is 5.82 Å². The Morgan fingerprint density at radius 3 is 2.50 bits per heavy atom. The van der Waals surface area contributed by atoms with E-state index in [1.165, 1.54) is 13.1 Å². The summed E-state index contributed by atoms with van der Waals surface area (Å²) in [6.45, 7) is 0. The second-order valence-corrected chi connectivity index (χ2v) is 4.13. The Morgan fingerprint density at radius 1 is 1.36 bits per heavy atom. The first kappa shape index (κ1) is 11.6. The fraction of sp³-hybridized carbons (Fsp3) is 0.125. The highest BCUT2D eigenvalue weighted by molar-refractivity contribution is 9.11. The molecule has 0 fully saturated rings. The molecule has 6 heteroatoms. The zero-order valence-electron chi connectivity index (χ0n) is 7.20. The molecule has 0 saturated heterocycles. The van der Waals surface area contributed by atoms with Gasteiger partial charge in [0.05, 0.1) is 10.0 Å². The molecule has 2 N–H and O–H groups in total. The number of amides is 1. The van der Waals surface area contributed by atoms with Gasteiger partial charge in [0.2, 0.25) is 0 Å². The summed E-state index contributed by atoms with van der Waals surface area (Å²) in [4.78, 5) is 11.4. The SMILES string of the molecule is CNNC(=O)c1c(Br)ccc(Br)c1F. The molecule has 0 unspecified atom stereocenters. The van der Waals surface area contributed by atoms with Crippen LogP contribution in [0.2, 0.25) is 0 Å². The monoisotopic (exact) mass is 324 g/mol. The van der Waals surface area contributed by atoms with Crippen molar-refractivity contribution in [1.82, 2.24) is 10.9 Å². The van der Waals surface area contributed by atoms with Gasteiger partial charge in [-0.2, -0.15) is 0 Å². The van der Waals surface area contributed by atoms with E-state index in [-0.39, 0.29) is 10.0 Å². The third kappa shape index (κ3) is 2.31. The van der Waals surface area contributed by atoms with Gasteiger partial charge in [0.25, 0.3) is 5.91 Å². The number of halogens is 3. The number of nitrogens with one attached hydrogen (secondary N) is 2. The van der Waals surface area contributed by atoms with Crippen LogP contribution in [0.3, 0.4) is 0 Å². The molecule has 14 heavy (non-hydrogen) atoms. The van der Waals surface area contributed by atoms with E-state index in [0.717, 1.165) is 0 Å². The number of benzene rings is 1. The van der Waals surface area contributed by atoms with E-state index < -0.39 is 11.7 Å². The molecule has 0 heterocycles. The minimum atomic E-state index is -0.591. The van der Waals surface area contributed by atoms with E-state index in [9.17, 15) is 9.18 Å². The van der Waals surface area contributed by atoms with Crippen molar-refractivity contribution in [3.8, 4) is 0 Å². The molecule has 0 aliphatic carbocycles. The Kier molecular flexibility index (Phi) is 4.03. The van der Waals surface area contributed by atoms with Crippen molar-refractivity contribution in [1.29, 1.82) is 0 Å². The first-order chi connectivity index (χ1) is 6.57. The van der Waals surface area contributed by atoms with Crippen LogP contribution in [-0.2, 0) is 0 Å². The van der Waals surface area contributed by atoms with Crippen LogP contribution >= 0.6 is 31.9 Å². The molecule has 1 aromatic rings. The van der Waals surface area contributed by atoms with Crippen molar-refractivity contribution in [3.05, 3.63) is 32.5 Å². The Balaban J connectivity index is 3.18. The third-order valence-corrected chi connectivity index (χ3v) is 2.78. The van der Waals surface area contributed by atoms with Crippen LogP contribution in [0.25, 0.3) is 0 Å². The number of hydrogen-bond acceptors (Lipinski definition) is 2. The first-order valence-corrected chi connectivity index (χ1v) is 5.27. The molecule has 0 radical (unpaired) electrons. The minimum absolute atomic E-state index is 0.0336. The number of rotatable bonds is 2. The molecule has 1 aromatic carbocycles. The second-order valence-electron chi connectivity index (χ2n) is 2.42. The topological polar surface area (TPSA) is 41.1 Å². The molecule has 0 bridgehead atoms. The number of hydrogen-bond donors (Lipinski definition) is 2. The van der Waals surface area contributed by atoms with Crippen molar-refractivity contribution < 1.29 is 9.18 Å². The van der Waals surface area contributed by atoms with E-state index in [1.807, 2.05) is 0 Å². The van der Waals surface area contributed by atoms with Crippen molar-refractivity contribution in [2.24, 2.45) is 0 Å². The van der Waals surface area contributed by atoms with E-state index in [0.29, 0.717) is 4.47 Å². The van der Waals surface area contributed by atoms with Crippen molar-refractivity contribution in [3.63, 3.8) is 0 Å². The smallest absolute Gasteiger partial charge is 0.269 e. The average molecular weight is 326 g/mol. The van der Waals surface area contributed by atoms with Gasteiger partial charge in [-0.1, -0.05) is 0 Å². The lowest BCUT2D eigenvalue weighted by molar-refractivity contribution is 0.0933. The quantitative estimate of drug-likeness (QED) is 0.646. The maximum atomic E-state index is 13.5. The predicted octanol–water partition coefficient (Wildman–Crippen LogP) is 2.21. The maximum Gasteiger partial charge on any atom is 0.269 e. The Labute approximate surface area is 97.3 Å². The van der Waals surface area contributed by atoms with Gasteiger partial charge in [-0.05, 0) is 44.0 Å². The van der Waals surface area contributed by atoms with E-state index >= 15 is 0 Å². The second kappa shape index (κ2) is 4.86. The van der Waals surface area contributed by atoms with Gasteiger partial charge in [0, 0.05) is 11.5 Å². The van der Waals surface area contributed by atoms with Gasteiger partial charge in [0.1, 0.15) is 0 Å². The molecule has 1 rings (SSSR count). The van der Waals surface area contributed by atoms with Crippen LogP contribution < -0.4 is 10.9 Å². The molecular weight excluding hydrogens is 319 g/mol. The first-order valence-electron chi connectivity index (χ1n) is 3.68. The standard InChI is InChI=1S/C8H7Br2FN2O/c1-12-13-8(14)6-4(9)2-3-5(10)7(6)11/h2-3,12H,1H3,(H,13,14). The summed E-state index contributed by atoms with van der Waals surface area (Å²) in [7, 11) is 1.53. The van der Waals surface area contributed by atoms with Crippen molar-refractivity contribution >= 4 is 37.8 Å². The van der Waals surface area contributed by atoms with Gasteiger partial charge in [-0.15, -0.1) is 0 Å². The van der Waals surface area contributed by atoms with Crippen LogP contribution in [0.5, 0.6) is 0 Å². The molecule has 0 aliphatic rings. The van der Waals surface area contributed by atoms with Crippen LogP contribution in [0, 0.1) is 5.82 Å². The van der Waals surface area contributed by atoms with Crippen molar-refractivity contribution in [2.75, 3.05) is 7.05 Å². The lowest BCUT2D eigenvalue weighted by Crippen LogP contribution is -2.34. The molecule has 0 atom stereocenters. The third-order valence-electron chi connectivity index (χ3n) is 1.51. The summed E-state index contributed by atoms with van der Waals surface area (Å²) in [5, 5.41) is 0. The maximum absolute atomic E-state index is 13.5. The number of hydrazine groups is 1. The van der Waals surface area contributed by atoms with Gasteiger partial charge in [-0.25, -0.2) is 9.82 Å². The van der Waals surface area contributed by atoms with Crippen molar-refractivity contribution in [2.45, 2.75) is 0 Å². The fourth-order valence-electron chi connectivity index (χ4n) is 0.911. The lowest BCUT2D eigenvalue weighted by atomic mass is 10.2. The van der Waals surface area contributed by atoms with E-state index in [2.05, 4.69) is 42.7 Å². The lowest BCUT2D eigenvalue weighted by Gasteiger charge is -2.07. The molecule has 0 saturated carbocycles. The Hall–Kier alpha value is -0.460. The van der Waals surface area contributed by atoms with Gasteiger partial charge in [-0.3, -0.25) is 10.2 Å². The normalized spacial score (nSPS) is 10.0. The summed E-state index contributed by atoms with van der Waals surface area (Å²) in [6.07, 6.45) is 0. The molecule has 0 spiro atoms. The van der Waals surface area contributed by atoms with Crippen LogP contribution in [-0.4, -0.2) is 13.0 Å². The van der Waals surface area contributed by atoms with Gasteiger partial charge < -0.3 is 0 Å². The van der Waals surface area contributed by atoms with Gasteiger partial charge >= 0.3 is 0 Å². The summed E-state index contributed by atoms with van der Waals surface area (Å²) in [5.41, 5.74) is 4.69. The highest BCUT2D eigenvalue weighted by Gasteiger charge is 2.17. The highest BCUT2D eigenvalue weighted by atomic mass is 79.9. The predicted molar refractivity (Wildman–Crippen MR) is 58.3 cm³/mol. The molecule has 0 aromatic heterocycles. The summed E-state index contributed by atoms with van der Waals surface area (Å²) >= 11 is 6.11. The Bertz CT molecular complexity index is 371. The Morgan fingerprint density at radius 2 is 1.93 bits per heavy atom.